The van der Waals surface area contributed by atoms with Crippen LogP contribution in [0.1, 0.15) is 37.8 Å². The highest BCUT2D eigenvalue weighted by Crippen LogP contribution is 2.37. The smallest absolute Gasteiger partial charge is 0.0892 e. The Hall–Kier alpha value is -1.01. The van der Waals surface area contributed by atoms with Gasteiger partial charge >= 0.3 is 0 Å². The van der Waals surface area contributed by atoms with Crippen LogP contribution in [0.25, 0.3) is 0 Å². The minimum absolute atomic E-state index is 0.0565. The zero-order chi connectivity index (χ0) is 17.0. The molecule has 0 amide bonds. The molecule has 0 bridgehead atoms. The standard InChI is InChI=1S/C20H30N2O3/c1-2-8-21-18(3-1)15-24-19-13-20(25-16-19)6-9-22(10-7-20)14-17-4-11-23-12-5-17/h1-3,8,17,19H,4-7,9-16H2/t19-/m1/s1. The first-order chi connectivity index (χ1) is 12.3. The first-order valence-corrected chi connectivity index (χ1v) is 9.77. The molecule has 1 atom stereocenters. The van der Waals surface area contributed by atoms with Crippen LogP contribution in [0.3, 0.4) is 0 Å². The van der Waals surface area contributed by atoms with Gasteiger partial charge in [0.05, 0.1) is 30.6 Å². The second-order valence-electron chi connectivity index (χ2n) is 7.81. The van der Waals surface area contributed by atoms with E-state index in [1.54, 1.807) is 0 Å². The lowest BCUT2D eigenvalue weighted by Crippen LogP contribution is -2.46. The van der Waals surface area contributed by atoms with Gasteiger partial charge in [-0.1, -0.05) is 6.07 Å². The van der Waals surface area contributed by atoms with E-state index in [4.69, 9.17) is 14.2 Å². The lowest BCUT2D eigenvalue weighted by molar-refractivity contribution is -0.0503. The lowest BCUT2D eigenvalue weighted by Gasteiger charge is -2.40. The highest BCUT2D eigenvalue weighted by molar-refractivity contribution is 5.02. The van der Waals surface area contributed by atoms with E-state index in [9.17, 15) is 0 Å². The highest BCUT2D eigenvalue weighted by atomic mass is 16.6. The average molecular weight is 346 g/mol. The summed E-state index contributed by atoms with van der Waals surface area (Å²) in [5.41, 5.74) is 1.05. The summed E-state index contributed by atoms with van der Waals surface area (Å²) >= 11 is 0. The summed E-state index contributed by atoms with van der Waals surface area (Å²) in [5.74, 6) is 0.821. The SMILES string of the molecule is c1ccc(CO[C@H]2COC3(CCN(CC4CCOCC4)CC3)C2)nc1. The largest absolute Gasteiger partial charge is 0.381 e. The van der Waals surface area contributed by atoms with Crippen LogP contribution in [-0.2, 0) is 20.8 Å². The van der Waals surface area contributed by atoms with E-state index in [-0.39, 0.29) is 11.7 Å². The van der Waals surface area contributed by atoms with Gasteiger partial charge < -0.3 is 19.1 Å². The monoisotopic (exact) mass is 346 g/mol. The fraction of sp³-hybridized carbons (Fsp3) is 0.750. The van der Waals surface area contributed by atoms with E-state index in [0.29, 0.717) is 6.61 Å². The van der Waals surface area contributed by atoms with E-state index in [1.165, 1.54) is 19.4 Å². The first kappa shape index (κ1) is 17.4. The number of hydrogen-bond acceptors (Lipinski definition) is 5. The van der Waals surface area contributed by atoms with Crippen LogP contribution in [0.15, 0.2) is 24.4 Å². The molecule has 0 aliphatic carbocycles. The maximum Gasteiger partial charge on any atom is 0.0892 e. The number of hydrogen-bond donors (Lipinski definition) is 0. The Kier molecular flexibility index (Phi) is 5.66. The molecule has 0 aromatic carbocycles. The maximum atomic E-state index is 6.23. The van der Waals surface area contributed by atoms with Crippen LogP contribution in [0.4, 0.5) is 0 Å². The second-order valence-corrected chi connectivity index (χ2v) is 7.81. The number of aromatic nitrogens is 1. The third kappa shape index (κ3) is 4.59. The van der Waals surface area contributed by atoms with Crippen molar-refractivity contribution >= 4 is 0 Å². The third-order valence-electron chi connectivity index (χ3n) is 5.99. The molecule has 0 unspecified atom stereocenters. The molecule has 1 spiro atoms. The molecule has 3 aliphatic rings. The quantitative estimate of drug-likeness (QED) is 0.820. The van der Waals surface area contributed by atoms with Gasteiger partial charge in [0.1, 0.15) is 0 Å². The molecule has 0 N–H and O–H groups in total. The van der Waals surface area contributed by atoms with Gasteiger partial charge in [-0.05, 0) is 43.7 Å². The fourth-order valence-electron chi connectivity index (χ4n) is 4.38. The molecule has 25 heavy (non-hydrogen) atoms. The summed E-state index contributed by atoms with van der Waals surface area (Å²) in [7, 11) is 0. The Morgan fingerprint density at radius 3 is 2.80 bits per heavy atom. The number of likely N-dealkylation sites (tertiary alicyclic amines) is 1. The number of rotatable bonds is 5. The topological polar surface area (TPSA) is 43.8 Å². The minimum atomic E-state index is 0.0565. The summed E-state index contributed by atoms with van der Waals surface area (Å²) in [6, 6.07) is 5.96. The zero-order valence-corrected chi connectivity index (χ0v) is 15.1. The first-order valence-electron chi connectivity index (χ1n) is 9.77. The highest BCUT2D eigenvalue weighted by Gasteiger charge is 2.43. The van der Waals surface area contributed by atoms with Gasteiger partial charge in [-0.2, -0.15) is 0 Å². The maximum absolute atomic E-state index is 6.23. The molecule has 5 nitrogen and oxygen atoms in total. The van der Waals surface area contributed by atoms with Crippen molar-refractivity contribution in [3.8, 4) is 0 Å². The predicted molar refractivity (Wildman–Crippen MR) is 95.3 cm³/mol. The Labute approximate surface area is 150 Å². The summed E-state index contributed by atoms with van der Waals surface area (Å²) in [6.45, 7) is 6.75. The average Bonchev–Trinajstić information content (AvgIpc) is 3.07. The van der Waals surface area contributed by atoms with Gasteiger partial charge in [-0.15, -0.1) is 0 Å². The molecular weight excluding hydrogens is 316 g/mol. The molecular formula is C20H30N2O3. The van der Waals surface area contributed by atoms with Gasteiger partial charge in [0.15, 0.2) is 0 Å². The Balaban J connectivity index is 1.20. The van der Waals surface area contributed by atoms with Gasteiger partial charge in [-0.3, -0.25) is 4.98 Å². The molecule has 0 radical (unpaired) electrons. The molecule has 1 aromatic rings. The summed E-state index contributed by atoms with van der Waals surface area (Å²) in [5, 5.41) is 0. The van der Waals surface area contributed by atoms with Gasteiger partial charge in [0, 0.05) is 45.5 Å². The minimum Gasteiger partial charge on any atom is -0.381 e. The lowest BCUT2D eigenvalue weighted by atomic mass is 9.87. The molecule has 3 saturated heterocycles. The van der Waals surface area contributed by atoms with Crippen LogP contribution in [0.2, 0.25) is 0 Å². The molecule has 1 aromatic heterocycles. The number of pyridine rings is 1. The van der Waals surface area contributed by atoms with Crippen molar-refractivity contribution in [2.24, 2.45) is 5.92 Å². The molecule has 4 heterocycles. The molecule has 3 aliphatic heterocycles. The van der Waals surface area contributed by atoms with Crippen molar-refractivity contribution in [1.29, 1.82) is 0 Å². The normalized spacial score (nSPS) is 27.8. The van der Waals surface area contributed by atoms with E-state index >= 15 is 0 Å². The van der Waals surface area contributed by atoms with E-state index in [1.807, 2.05) is 24.4 Å². The van der Waals surface area contributed by atoms with Crippen molar-refractivity contribution in [3.63, 3.8) is 0 Å². The van der Waals surface area contributed by atoms with Crippen molar-refractivity contribution in [3.05, 3.63) is 30.1 Å². The second kappa shape index (κ2) is 8.12. The summed E-state index contributed by atoms with van der Waals surface area (Å²) in [4.78, 5) is 6.96. The van der Waals surface area contributed by atoms with E-state index in [0.717, 1.165) is 63.8 Å². The summed E-state index contributed by atoms with van der Waals surface area (Å²) in [6.07, 6.45) is 7.79. The van der Waals surface area contributed by atoms with Crippen LogP contribution in [0, 0.1) is 5.92 Å². The van der Waals surface area contributed by atoms with Crippen LogP contribution in [-0.4, -0.2) is 61.0 Å². The number of piperidine rings is 1. The van der Waals surface area contributed by atoms with Gasteiger partial charge in [0.25, 0.3) is 0 Å². The Morgan fingerprint density at radius 2 is 2.04 bits per heavy atom. The molecule has 4 rings (SSSR count). The van der Waals surface area contributed by atoms with Crippen molar-refractivity contribution in [2.45, 2.75) is 50.4 Å². The Morgan fingerprint density at radius 1 is 1.20 bits per heavy atom. The van der Waals surface area contributed by atoms with Crippen LogP contribution >= 0.6 is 0 Å². The number of ether oxygens (including phenoxy) is 3. The fourth-order valence-corrected chi connectivity index (χ4v) is 4.38. The van der Waals surface area contributed by atoms with Gasteiger partial charge in [0.2, 0.25) is 0 Å². The molecule has 138 valence electrons. The van der Waals surface area contributed by atoms with Gasteiger partial charge in [-0.25, -0.2) is 0 Å². The van der Waals surface area contributed by atoms with E-state index < -0.39 is 0 Å². The predicted octanol–water partition coefficient (Wildman–Crippen LogP) is 2.65. The summed E-state index contributed by atoms with van der Waals surface area (Å²) < 4.78 is 17.8. The van der Waals surface area contributed by atoms with Crippen LogP contribution < -0.4 is 0 Å². The van der Waals surface area contributed by atoms with E-state index in [2.05, 4.69) is 9.88 Å². The third-order valence-corrected chi connectivity index (χ3v) is 5.99. The van der Waals surface area contributed by atoms with Crippen molar-refractivity contribution < 1.29 is 14.2 Å². The molecule has 0 saturated carbocycles. The zero-order valence-electron chi connectivity index (χ0n) is 15.1. The molecule has 3 fully saturated rings. The van der Waals surface area contributed by atoms with Crippen molar-refractivity contribution in [1.82, 2.24) is 9.88 Å². The van der Waals surface area contributed by atoms with Crippen molar-refractivity contribution in [2.75, 3.05) is 39.5 Å². The molecule has 5 heteroatoms. The Bertz CT molecular complexity index is 525. The van der Waals surface area contributed by atoms with Crippen LogP contribution in [0.5, 0.6) is 0 Å². The number of nitrogens with zero attached hydrogens (tertiary/aromatic N) is 2.